The van der Waals surface area contributed by atoms with Crippen LogP contribution in [0.25, 0.3) is 6.08 Å². The molecule has 0 aliphatic heterocycles. The molecule has 0 N–H and O–H groups in total. The lowest BCUT2D eigenvalue weighted by Crippen LogP contribution is -1.97. The maximum Gasteiger partial charge on any atom is 0.130 e. The molecule has 89 valence electrons. The van der Waals surface area contributed by atoms with Gasteiger partial charge in [-0.15, -0.1) is 0 Å². The van der Waals surface area contributed by atoms with E-state index in [1.54, 1.807) is 18.2 Å². The van der Waals surface area contributed by atoms with Crippen LogP contribution < -0.4 is 9.47 Å². The highest BCUT2D eigenvalue weighted by molar-refractivity contribution is 5.59. The van der Waals surface area contributed by atoms with Crippen LogP contribution in [0.5, 0.6) is 11.5 Å². The highest BCUT2D eigenvalue weighted by Crippen LogP contribution is 2.26. The van der Waals surface area contributed by atoms with E-state index in [1.807, 2.05) is 24.3 Å². The summed E-state index contributed by atoms with van der Waals surface area (Å²) in [6.07, 6.45) is 7.01. The van der Waals surface area contributed by atoms with Gasteiger partial charge in [0, 0.05) is 11.6 Å². The molecule has 0 aliphatic carbocycles. The van der Waals surface area contributed by atoms with E-state index >= 15 is 0 Å². The van der Waals surface area contributed by atoms with Crippen LogP contribution in [0.3, 0.4) is 0 Å². The summed E-state index contributed by atoms with van der Waals surface area (Å²) in [5.74, 6) is 1.51. The molecule has 0 bridgehead atoms. The van der Waals surface area contributed by atoms with E-state index in [9.17, 15) is 0 Å². The van der Waals surface area contributed by atoms with Gasteiger partial charge in [-0.1, -0.05) is 37.5 Å². The molecule has 0 fully saturated rings. The maximum absolute atomic E-state index is 5.56. The zero-order valence-electron chi connectivity index (χ0n) is 9.89. The van der Waals surface area contributed by atoms with Gasteiger partial charge < -0.3 is 9.47 Å². The molecule has 0 unspecified atom stereocenters. The van der Waals surface area contributed by atoms with Crippen molar-refractivity contribution in [1.82, 2.24) is 0 Å². The van der Waals surface area contributed by atoms with Crippen molar-refractivity contribution in [1.29, 1.82) is 0 Å². The number of hydrogen-bond acceptors (Lipinski definition) is 2. The Morgan fingerprint density at radius 1 is 1.06 bits per heavy atom. The molecule has 0 atom stereocenters. The molecule has 1 rings (SSSR count). The van der Waals surface area contributed by atoms with Crippen molar-refractivity contribution in [2.24, 2.45) is 0 Å². The highest BCUT2D eigenvalue weighted by Gasteiger charge is 2.03. The summed E-state index contributed by atoms with van der Waals surface area (Å²) >= 11 is 0. The molecule has 1 aromatic rings. The molecule has 2 nitrogen and oxygen atoms in total. The van der Waals surface area contributed by atoms with Crippen LogP contribution >= 0.6 is 0 Å². The van der Waals surface area contributed by atoms with Crippen molar-refractivity contribution in [2.45, 2.75) is 0 Å². The van der Waals surface area contributed by atoms with E-state index in [2.05, 4.69) is 20.1 Å². The van der Waals surface area contributed by atoms with Crippen LogP contribution in [0, 0.1) is 6.92 Å². The zero-order valence-corrected chi connectivity index (χ0v) is 9.89. The van der Waals surface area contributed by atoms with Gasteiger partial charge in [-0.2, -0.15) is 0 Å². The lowest BCUT2D eigenvalue weighted by atomic mass is 10.2. The van der Waals surface area contributed by atoms with Gasteiger partial charge in [0.15, 0.2) is 0 Å². The Morgan fingerprint density at radius 3 is 2.41 bits per heavy atom. The van der Waals surface area contributed by atoms with Gasteiger partial charge in [0.2, 0.25) is 0 Å². The van der Waals surface area contributed by atoms with Gasteiger partial charge in [0.25, 0.3) is 0 Å². The Bertz CT molecular complexity index is 405. The van der Waals surface area contributed by atoms with E-state index in [0.717, 1.165) is 17.1 Å². The Kier molecular flexibility index (Phi) is 5.66. The highest BCUT2D eigenvalue weighted by atomic mass is 16.5. The Hall–Kier alpha value is -1.96. The fraction of sp³-hybridized carbons (Fsp3) is 0.133. The summed E-state index contributed by atoms with van der Waals surface area (Å²) in [5, 5.41) is 0. The topological polar surface area (TPSA) is 18.5 Å². The summed E-state index contributed by atoms with van der Waals surface area (Å²) in [5.41, 5.74) is 0.966. The number of allylic oxidation sites excluding steroid dienone is 1. The van der Waals surface area contributed by atoms with Crippen molar-refractivity contribution in [3.8, 4) is 11.5 Å². The quantitative estimate of drug-likeness (QED) is 0.664. The molecule has 0 heterocycles. The van der Waals surface area contributed by atoms with Crippen LogP contribution in [0.1, 0.15) is 5.56 Å². The van der Waals surface area contributed by atoms with Gasteiger partial charge >= 0.3 is 0 Å². The predicted molar refractivity (Wildman–Crippen MR) is 72.2 cm³/mol. The zero-order chi connectivity index (χ0) is 12.5. The third-order valence-corrected chi connectivity index (χ3v) is 2.01. The first-order valence-corrected chi connectivity index (χ1v) is 5.39. The van der Waals surface area contributed by atoms with Gasteiger partial charge in [-0.25, -0.2) is 0 Å². The van der Waals surface area contributed by atoms with Gasteiger partial charge in [0.05, 0.1) is 0 Å². The number of hydrogen-bond donors (Lipinski definition) is 0. The SMILES string of the molecule is [CH2]/C=C/c1ccc(OCC=C)cc1OCC=C. The average molecular weight is 229 g/mol. The normalized spacial score (nSPS) is 10.2. The van der Waals surface area contributed by atoms with Gasteiger partial charge in [-0.3, -0.25) is 0 Å². The summed E-state index contributed by atoms with van der Waals surface area (Å²) in [4.78, 5) is 0. The molecule has 17 heavy (non-hydrogen) atoms. The van der Waals surface area contributed by atoms with Crippen molar-refractivity contribution in [3.63, 3.8) is 0 Å². The van der Waals surface area contributed by atoms with Crippen molar-refractivity contribution >= 4 is 6.08 Å². The van der Waals surface area contributed by atoms with Crippen molar-refractivity contribution in [3.05, 3.63) is 62.1 Å². The lowest BCUT2D eigenvalue weighted by molar-refractivity contribution is 0.344. The first kappa shape index (κ1) is 13.1. The number of rotatable bonds is 7. The Labute approximate surface area is 103 Å². The van der Waals surface area contributed by atoms with Crippen molar-refractivity contribution in [2.75, 3.05) is 13.2 Å². The second kappa shape index (κ2) is 7.34. The number of ether oxygens (including phenoxy) is 2. The first-order valence-electron chi connectivity index (χ1n) is 5.39. The minimum absolute atomic E-state index is 0.461. The van der Waals surface area contributed by atoms with E-state index in [4.69, 9.17) is 9.47 Å². The largest absolute Gasteiger partial charge is 0.489 e. The molecule has 0 saturated heterocycles. The average Bonchev–Trinajstić information content (AvgIpc) is 2.36. The molecule has 0 aliphatic rings. The summed E-state index contributed by atoms with van der Waals surface area (Å²) < 4.78 is 11.0. The van der Waals surface area contributed by atoms with Crippen LogP contribution in [0.2, 0.25) is 0 Å². The van der Waals surface area contributed by atoms with E-state index in [-0.39, 0.29) is 0 Å². The van der Waals surface area contributed by atoms with Crippen LogP contribution in [0.15, 0.2) is 49.6 Å². The molecule has 0 spiro atoms. The lowest BCUT2D eigenvalue weighted by Gasteiger charge is -2.10. The maximum atomic E-state index is 5.56. The van der Waals surface area contributed by atoms with E-state index < -0.39 is 0 Å². The number of benzene rings is 1. The van der Waals surface area contributed by atoms with Crippen LogP contribution in [-0.4, -0.2) is 13.2 Å². The van der Waals surface area contributed by atoms with Gasteiger partial charge in [0.1, 0.15) is 24.7 Å². The summed E-state index contributed by atoms with van der Waals surface area (Å²) in [6, 6.07) is 5.67. The monoisotopic (exact) mass is 229 g/mol. The minimum Gasteiger partial charge on any atom is -0.489 e. The smallest absolute Gasteiger partial charge is 0.130 e. The molecule has 2 heteroatoms. The van der Waals surface area contributed by atoms with Gasteiger partial charge in [-0.05, 0) is 19.1 Å². The molecule has 0 aromatic heterocycles. The van der Waals surface area contributed by atoms with Crippen LogP contribution in [0.4, 0.5) is 0 Å². The van der Waals surface area contributed by atoms with E-state index in [0.29, 0.717) is 13.2 Å². The molecular weight excluding hydrogens is 212 g/mol. The standard InChI is InChI=1S/C15H17O2/c1-4-7-13-8-9-14(16-10-5-2)12-15(13)17-11-6-3/h4-9,12H,1-3,10-11H2/b7-4+. The Morgan fingerprint density at radius 2 is 1.76 bits per heavy atom. The van der Waals surface area contributed by atoms with Crippen molar-refractivity contribution < 1.29 is 9.47 Å². The fourth-order valence-corrected chi connectivity index (χ4v) is 1.30. The fourth-order valence-electron chi connectivity index (χ4n) is 1.30. The molecule has 0 saturated carbocycles. The first-order chi connectivity index (χ1) is 8.31. The predicted octanol–water partition coefficient (Wildman–Crippen LogP) is 3.66. The minimum atomic E-state index is 0.461. The third-order valence-electron chi connectivity index (χ3n) is 2.01. The molecular formula is C15H17O2. The van der Waals surface area contributed by atoms with Crippen LogP contribution in [-0.2, 0) is 0 Å². The van der Waals surface area contributed by atoms with E-state index in [1.165, 1.54) is 0 Å². The Balaban J connectivity index is 2.91. The third kappa shape index (κ3) is 4.19. The molecule has 0 amide bonds. The molecule has 1 aromatic carbocycles. The molecule has 1 radical (unpaired) electrons. The second-order valence-electron chi connectivity index (χ2n) is 3.30. The summed E-state index contributed by atoms with van der Waals surface area (Å²) in [6.45, 7) is 11.8. The second-order valence-corrected chi connectivity index (χ2v) is 3.30. The summed E-state index contributed by atoms with van der Waals surface area (Å²) in [7, 11) is 0.